The fourth-order valence-corrected chi connectivity index (χ4v) is 1.10. The van der Waals surface area contributed by atoms with Gasteiger partial charge in [0.25, 0.3) is 0 Å². The number of aromatic nitrogens is 3. The Balaban J connectivity index is 2.75. The van der Waals surface area contributed by atoms with Crippen LogP contribution in [0.5, 0.6) is 0 Å². The van der Waals surface area contributed by atoms with Crippen molar-refractivity contribution in [3.63, 3.8) is 0 Å². The predicted molar refractivity (Wildman–Crippen MR) is 47.4 cm³/mol. The highest BCUT2D eigenvalue weighted by Crippen LogP contribution is 2.03. The van der Waals surface area contributed by atoms with Crippen LogP contribution >= 0.6 is 0 Å². The Morgan fingerprint density at radius 3 is 2.58 bits per heavy atom. The summed E-state index contributed by atoms with van der Waals surface area (Å²) >= 11 is 0. The smallest absolute Gasteiger partial charge is 0.151 e. The molecule has 0 spiro atoms. The fourth-order valence-electron chi connectivity index (χ4n) is 1.10. The van der Waals surface area contributed by atoms with Crippen molar-refractivity contribution in [3.8, 4) is 0 Å². The summed E-state index contributed by atoms with van der Waals surface area (Å²) in [7, 11) is 1.87. The van der Waals surface area contributed by atoms with Crippen LogP contribution < -0.4 is 5.73 Å². The summed E-state index contributed by atoms with van der Waals surface area (Å²) in [5.74, 6) is 2.34. The van der Waals surface area contributed by atoms with Crippen LogP contribution in [0.3, 0.4) is 0 Å². The van der Waals surface area contributed by atoms with E-state index in [0.29, 0.717) is 12.5 Å². The van der Waals surface area contributed by atoms with Crippen LogP contribution in [0.15, 0.2) is 0 Å². The Kier molecular flexibility index (Phi) is 2.81. The summed E-state index contributed by atoms with van der Waals surface area (Å²) in [6.45, 7) is 4.76. The topological polar surface area (TPSA) is 56.7 Å². The molecule has 0 saturated heterocycles. The van der Waals surface area contributed by atoms with Crippen molar-refractivity contribution in [2.75, 3.05) is 0 Å². The molecular weight excluding hydrogens is 152 g/mol. The molecule has 0 saturated carbocycles. The Hall–Kier alpha value is -0.900. The van der Waals surface area contributed by atoms with Gasteiger partial charge in [0.2, 0.25) is 0 Å². The number of aryl methyl sites for hydroxylation is 1. The van der Waals surface area contributed by atoms with Crippen LogP contribution in [0.2, 0.25) is 0 Å². The van der Waals surface area contributed by atoms with Gasteiger partial charge in [-0.25, -0.2) is 4.98 Å². The van der Waals surface area contributed by atoms with E-state index in [1.807, 2.05) is 7.05 Å². The van der Waals surface area contributed by atoms with Crippen molar-refractivity contribution in [2.24, 2.45) is 18.7 Å². The molecule has 1 rings (SSSR count). The maximum absolute atomic E-state index is 5.47. The molecule has 12 heavy (non-hydrogen) atoms. The lowest BCUT2D eigenvalue weighted by molar-refractivity contribution is 0.612. The molecule has 1 aromatic rings. The van der Waals surface area contributed by atoms with Gasteiger partial charge in [0.05, 0.1) is 6.54 Å². The van der Waals surface area contributed by atoms with Gasteiger partial charge in [-0.2, -0.15) is 5.10 Å². The number of nitrogens with zero attached hydrogens (tertiary/aromatic N) is 3. The molecule has 2 N–H and O–H groups in total. The van der Waals surface area contributed by atoms with Gasteiger partial charge < -0.3 is 5.73 Å². The van der Waals surface area contributed by atoms with Gasteiger partial charge in [-0.05, 0) is 5.92 Å². The first-order chi connectivity index (χ1) is 5.63. The minimum Gasteiger partial charge on any atom is -0.324 e. The van der Waals surface area contributed by atoms with Gasteiger partial charge >= 0.3 is 0 Å². The van der Waals surface area contributed by atoms with Crippen molar-refractivity contribution in [1.29, 1.82) is 0 Å². The molecule has 0 bridgehead atoms. The lowest BCUT2D eigenvalue weighted by atomic mass is 10.1. The van der Waals surface area contributed by atoms with Crippen molar-refractivity contribution >= 4 is 0 Å². The van der Waals surface area contributed by atoms with Crippen molar-refractivity contribution in [3.05, 3.63) is 11.6 Å². The molecule has 0 amide bonds. The molecule has 0 atom stereocenters. The van der Waals surface area contributed by atoms with E-state index < -0.39 is 0 Å². The molecule has 68 valence electrons. The second kappa shape index (κ2) is 3.67. The second-order valence-corrected chi connectivity index (χ2v) is 3.37. The first-order valence-electron chi connectivity index (χ1n) is 4.22. The first kappa shape index (κ1) is 9.19. The third kappa shape index (κ3) is 2.04. The lowest BCUT2D eigenvalue weighted by Crippen LogP contribution is -2.05. The maximum atomic E-state index is 5.47. The molecule has 4 heteroatoms. The summed E-state index contributed by atoms with van der Waals surface area (Å²) in [5.41, 5.74) is 5.47. The highest BCUT2D eigenvalue weighted by Gasteiger charge is 2.06. The van der Waals surface area contributed by atoms with Gasteiger partial charge in [0.15, 0.2) is 5.82 Å². The monoisotopic (exact) mass is 168 g/mol. The molecule has 0 unspecified atom stereocenters. The molecule has 0 aliphatic heterocycles. The van der Waals surface area contributed by atoms with Crippen molar-refractivity contribution < 1.29 is 0 Å². The summed E-state index contributed by atoms with van der Waals surface area (Å²) in [4.78, 5) is 4.30. The van der Waals surface area contributed by atoms with Crippen molar-refractivity contribution in [1.82, 2.24) is 14.8 Å². The van der Waals surface area contributed by atoms with Crippen LogP contribution in [0, 0.1) is 5.92 Å². The standard InChI is InChI=1S/C8H16N4/c1-6(2)4-7-10-8(5-9)12(3)11-7/h6H,4-5,9H2,1-3H3. The molecule has 0 aliphatic carbocycles. The first-order valence-corrected chi connectivity index (χ1v) is 4.22. The fraction of sp³-hybridized carbons (Fsp3) is 0.750. The molecule has 4 nitrogen and oxygen atoms in total. The average Bonchev–Trinajstić information content (AvgIpc) is 2.29. The van der Waals surface area contributed by atoms with Crippen LogP contribution in [-0.4, -0.2) is 14.8 Å². The third-order valence-corrected chi connectivity index (χ3v) is 1.67. The third-order valence-electron chi connectivity index (χ3n) is 1.67. The van der Waals surface area contributed by atoms with Crippen LogP contribution in [0.25, 0.3) is 0 Å². The summed E-state index contributed by atoms with van der Waals surface area (Å²) < 4.78 is 1.75. The average molecular weight is 168 g/mol. The Morgan fingerprint density at radius 1 is 1.50 bits per heavy atom. The molecule has 1 aromatic heterocycles. The van der Waals surface area contributed by atoms with E-state index in [-0.39, 0.29) is 0 Å². The Morgan fingerprint density at radius 2 is 2.17 bits per heavy atom. The van der Waals surface area contributed by atoms with E-state index >= 15 is 0 Å². The number of hydrogen-bond donors (Lipinski definition) is 1. The van der Waals surface area contributed by atoms with Crippen LogP contribution in [0.1, 0.15) is 25.5 Å². The highest BCUT2D eigenvalue weighted by atomic mass is 15.3. The number of rotatable bonds is 3. The zero-order valence-electron chi connectivity index (χ0n) is 7.91. The van der Waals surface area contributed by atoms with Gasteiger partial charge in [0.1, 0.15) is 5.82 Å². The minimum atomic E-state index is 0.460. The van der Waals surface area contributed by atoms with Gasteiger partial charge in [-0.1, -0.05) is 13.8 Å². The van der Waals surface area contributed by atoms with E-state index in [9.17, 15) is 0 Å². The predicted octanol–water partition coefficient (Wildman–Crippen LogP) is 0.472. The zero-order valence-corrected chi connectivity index (χ0v) is 7.91. The lowest BCUT2D eigenvalue weighted by Gasteiger charge is -1.96. The molecular formula is C8H16N4. The summed E-state index contributed by atoms with van der Waals surface area (Å²) in [6, 6.07) is 0. The summed E-state index contributed by atoms with van der Waals surface area (Å²) in [5, 5.41) is 4.25. The minimum absolute atomic E-state index is 0.460. The Bertz CT molecular complexity index is 252. The SMILES string of the molecule is CC(C)Cc1nc(CN)n(C)n1. The number of hydrogen-bond acceptors (Lipinski definition) is 3. The highest BCUT2D eigenvalue weighted by molar-refractivity contribution is 4.92. The quantitative estimate of drug-likeness (QED) is 0.714. The Labute approximate surface area is 72.8 Å². The zero-order chi connectivity index (χ0) is 9.14. The molecule has 0 aliphatic rings. The van der Waals surface area contributed by atoms with E-state index in [1.54, 1.807) is 4.68 Å². The molecule has 0 aromatic carbocycles. The summed E-state index contributed by atoms with van der Waals surface area (Å²) in [6.07, 6.45) is 0.924. The largest absolute Gasteiger partial charge is 0.324 e. The number of nitrogens with two attached hydrogens (primary N) is 1. The van der Waals surface area contributed by atoms with Gasteiger partial charge in [0, 0.05) is 13.5 Å². The van der Waals surface area contributed by atoms with Gasteiger partial charge in [-0.15, -0.1) is 0 Å². The van der Waals surface area contributed by atoms with E-state index in [0.717, 1.165) is 18.1 Å². The molecule has 0 fully saturated rings. The van der Waals surface area contributed by atoms with Crippen LogP contribution in [-0.2, 0) is 20.0 Å². The van der Waals surface area contributed by atoms with Crippen LogP contribution in [0.4, 0.5) is 0 Å². The van der Waals surface area contributed by atoms with E-state index in [1.165, 1.54) is 0 Å². The van der Waals surface area contributed by atoms with Gasteiger partial charge in [-0.3, -0.25) is 4.68 Å². The van der Waals surface area contributed by atoms with E-state index in [2.05, 4.69) is 23.9 Å². The molecule has 0 radical (unpaired) electrons. The van der Waals surface area contributed by atoms with E-state index in [4.69, 9.17) is 5.73 Å². The van der Waals surface area contributed by atoms with Crippen molar-refractivity contribution in [2.45, 2.75) is 26.8 Å². The molecule has 1 heterocycles. The maximum Gasteiger partial charge on any atom is 0.151 e. The second-order valence-electron chi connectivity index (χ2n) is 3.37. The normalized spacial score (nSPS) is 11.1.